The van der Waals surface area contributed by atoms with Crippen molar-refractivity contribution in [3.05, 3.63) is 89.9 Å². The molecule has 0 aliphatic heterocycles. The monoisotopic (exact) mass is 398 g/mol. The molecule has 1 heterocycles. The molecular weight excluding hydrogens is 377 g/mol. The quantitative estimate of drug-likeness (QED) is 0.548. The molecule has 150 valence electrons. The minimum absolute atomic E-state index is 0.0694. The van der Waals surface area contributed by atoms with E-state index >= 15 is 8.78 Å². The number of nitrogens with one attached hydrogen (secondary N) is 1. The number of amides is 1. The summed E-state index contributed by atoms with van der Waals surface area (Å²) in [6.45, 7) is 6.66. The van der Waals surface area contributed by atoms with E-state index in [9.17, 15) is 9.18 Å². The molecule has 1 unspecified atom stereocenters. The average molecular weight is 398 g/mol. The average Bonchev–Trinajstić information content (AvgIpc) is 2.67. The van der Waals surface area contributed by atoms with E-state index in [-0.39, 0.29) is 23.1 Å². The van der Waals surface area contributed by atoms with Crippen molar-refractivity contribution in [2.45, 2.75) is 31.7 Å². The molecule has 1 atom stereocenters. The van der Waals surface area contributed by atoms with Crippen LogP contribution >= 0.6 is 0 Å². The number of hydrogen-bond acceptors (Lipinski definition) is 2. The molecule has 1 N–H and O–H groups in total. The number of hydrogen-bond donors (Lipinski definition) is 1. The lowest BCUT2D eigenvalue weighted by molar-refractivity contribution is -0.0866. The molecule has 3 aromatic rings. The number of fused-ring (bicyclic) bond motifs is 1. The fourth-order valence-corrected chi connectivity index (χ4v) is 3.37. The van der Waals surface area contributed by atoms with Crippen LogP contribution in [-0.4, -0.2) is 16.4 Å². The maximum Gasteiger partial charge on any atom is 0.295 e. The SMILES string of the molecule is C=C(C)CC(C)(NC(=O)c1cnc2c(F)cccc2c1)C(F)(F)c1ccccc1. The molecule has 0 saturated heterocycles. The van der Waals surface area contributed by atoms with Gasteiger partial charge in [0.05, 0.1) is 5.56 Å². The van der Waals surface area contributed by atoms with Crippen LogP contribution < -0.4 is 5.32 Å². The molecule has 0 bridgehead atoms. The summed E-state index contributed by atoms with van der Waals surface area (Å²) in [6, 6.07) is 13.1. The Morgan fingerprint density at radius 3 is 2.48 bits per heavy atom. The van der Waals surface area contributed by atoms with Gasteiger partial charge in [-0.05, 0) is 32.4 Å². The number of carbonyl (C=O) groups is 1. The first-order valence-corrected chi connectivity index (χ1v) is 9.08. The Bertz CT molecular complexity index is 1070. The van der Waals surface area contributed by atoms with Gasteiger partial charge in [0.15, 0.2) is 0 Å². The standard InChI is InChI=1S/C23H21F3N2O/c1-15(2)13-22(3,23(25,26)18-9-5-4-6-10-18)28-21(29)17-12-16-8-7-11-19(24)20(16)27-14-17/h4-12,14H,1,13H2,2-3H3,(H,28,29). The van der Waals surface area contributed by atoms with Crippen molar-refractivity contribution in [1.82, 2.24) is 10.3 Å². The van der Waals surface area contributed by atoms with Crippen molar-refractivity contribution in [3.8, 4) is 0 Å². The third-order valence-corrected chi connectivity index (χ3v) is 4.80. The fourth-order valence-electron chi connectivity index (χ4n) is 3.37. The van der Waals surface area contributed by atoms with Crippen LogP contribution in [-0.2, 0) is 5.92 Å². The Morgan fingerprint density at radius 2 is 1.83 bits per heavy atom. The zero-order valence-electron chi connectivity index (χ0n) is 16.2. The van der Waals surface area contributed by atoms with E-state index in [1.807, 2.05) is 0 Å². The van der Waals surface area contributed by atoms with Crippen LogP contribution in [0.4, 0.5) is 13.2 Å². The lowest BCUT2D eigenvalue weighted by atomic mass is 9.82. The number of para-hydroxylation sites is 1. The van der Waals surface area contributed by atoms with Gasteiger partial charge in [0.2, 0.25) is 0 Å². The van der Waals surface area contributed by atoms with Gasteiger partial charge in [-0.2, -0.15) is 8.78 Å². The molecule has 1 amide bonds. The topological polar surface area (TPSA) is 42.0 Å². The van der Waals surface area contributed by atoms with Gasteiger partial charge in [-0.3, -0.25) is 9.78 Å². The Kier molecular flexibility index (Phi) is 5.46. The van der Waals surface area contributed by atoms with Gasteiger partial charge in [-0.25, -0.2) is 4.39 Å². The lowest BCUT2D eigenvalue weighted by Crippen LogP contribution is -2.57. The minimum Gasteiger partial charge on any atom is -0.340 e. The van der Waals surface area contributed by atoms with Gasteiger partial charge in [0.1, 0.15) is 16.9 Å². The van der Waals surface area contributed by atoms with Crippen LogP contribution in [0.5, 0.6) is 0 Å². The predicted molar refractivity (Wildman–Crippen MR) is 107 cm³/mol. The molecule has 0 spiro atoms. The van der Waals surface area contributed by atoms with Crippen LogP contribution in [0.2, 0.25) is 0 Å². The molecule has 0 fully saturated rings. The first-order valence-electron chi connectivity index (χ1n) is 9.08. The maximum atomic E-state index is 15.4. The third kappa shape index (κ3) is 4.01. The van der Waals surface area contributed by atoms with E-state index in [1.165, 1.54) is 55.6 Å². The van der Waals surface area contributed by atoms with Crippen molar-refractivity contribution in [2.24, 2.45) is 0 Å². The van der Waals surface area contributed by atoms with Gasteiger partial charge in [-0.1, -0.05) is 48.0 Å². The summed E-state index contributed by atoms with van der Waals surface area (Å²) in [7, 11) is 0. The highest BCUT2D eigenvalue weighted by atomic mass is 19.3. The van der Waals surface area contributed by atoms with E-state index in [4.69, 9.17) is 0 Å². The number of alkyl halides is 2. The second-order valence-corrected chi connectivity index (χ2v) is 7.40. The van der Waals surface area contributed by atoms with Crippen LogP contribution in [0.1, 0.15) is 36.2 Å². The molecule has 3 nitrogen and oxygen atoms in total. The Balaban J connectivity index is 1.98. The van der Waals surface area contributed by atoms with Gasteiger partial charge in [0.25, 0.3) is 11.8 Å². The van der Waals surface area contributed by atoms with Gasteiger partial charge < -0.3 is 5.32 Å². The minimum atomic E-state index is -3.36. The first-order chi connectivity index (χ1) is 13.6. The van der Waals surface area contributed by atoms with Crippen molar-refractivity contribution in [1.29, 1.82) is 0 Å². The summed E-state index contributed by atoms with van der Waals surface area (Å²) in [5.41, 5.74) is -1.44. The Hall–Kier alpha value is -3.15. The van der Waals surface area contributed by atoms with Crippen molar-refractivity contribution in [2.75, 3.05) is 0 Å². The predicted octanol–water partition coefficient (Wildman–Crippen LogP) is 5.62. The van der Waals surface area contributed by atoms with Crippen molar-refractivity contribution in [3.63, 3.8) is 0 Å². The van der Waals surface area contributed by atoms with Crippen molar-refractivity contribution < 1.29 is 18.0 Å². The van der Waals surface area contributed by atoms with Crippen LogP contribution in [0.25, 0.3) is 10.9 Å². The Labute approximate surface area is 167 Å². The molecule has 0 radical (unpaired) electrons. The van der Waals surface area contributed by atoms with E-state index in [2.05, 4.69) is 16.9 Å². The summed E-state index contributed by atoms with van der Waals surface area (Å²) in [4.78, 5) is 16.8. The summed E-state index contributed by atoms with van der Waals surface area (Å²) in [5.74, 6) is -4.60. The van der Waals surface area contributed by atoms with Crippen LogP contribution in [0, 0.1) is 5.82 Å². The number of rotatable bonds is 6. The molecule has 0 aliphatic carbocycles. The van der Waals surface area contributed by atoms with E-state index in [0.717, 1.165) is 0 Å². The van der Waals surface area contributed by atoms with Gasteiger partial charge >= 0.3 is 0 Å². The molecular formula is C23H21F3N2O. The van der Waals surface area contributed by atoms with Crippen LogP contribution in [0.3, 0.4) is 0 Å². The third-order valence-electron chi connectivity index (χ3n) is 4.80. The zero-order chi connectivity index (χ0) is 21.2. The lowest BCUT2D eigenvalue weighted by Gasteiger charge is -2.38. The molecule has 6 heteroatoms. The Morgan fingerprint density at radius 1 is 1.14 bits per heavy atom. The summed E-state index contributed by atoms with van der Waals surface area (Å²) >= 11 is 0. The summed E-state index contributed by atoms with van der Waals surface area (Å²) in [6.07, 6.45) is 1.05. The van der Waals surface area contributed by atoms with E-state index in [0.29, 0.717) is 11.0 Å². The molecule has 0 saturated carbocycles. The molecule has 3 rings (SSSR count). The smallest absolute Gasteiger partial charge is 0.295 e. The second kappa shape index (κ2) is 7.70. The van der Waals surface area contributed by atoms with Gasteiger partial charge in [0, 0.05) is 17.1 Å². The van der Waals surface area contributed by atoms with E-state index < -0.39 is 23.2 Å². The normalized spacial score (nSPS) is 13.7. The van der Waals surface area contributed by atoms with Crippen molar-refractivity contribution >= 4 is 16.8 Å². The number of halogens is 3. The zero-order valence-corrected chi connectivity index (χ0v) is 16.2. The second-order valence-electron chi connectivity index (χ2n) is 7.40. The highest BCUT2D eigenvalue weighted by molar-refractivity contribution is 5.97. The first kappa shape index (κ1) is 20.6. The van der Waals surface area contributed by atoms with Crippen LogP contribution in [0.15, 0.2) is 72.9 Å². The fraction of sp³-hybridized carbons (Fsp3) is 0.217. The maximum absolute atomic E-state index is 15.4. The number of pyridine rings is 1. The number of benzene rings is 2. The summed E-state index contributed by atoms with van der Waals surface area (Å²) in [5, 5.41) is 2.89. The number of aromatic nitrogens is 1. The molecule has 29 heavy (non-hydrogen) atoms. The highest BCUT2D eigenvalue weighted by Gasteiger charge is 2.52. The number of nitrogens with zero attached hydrogens (tertiary/aromatic N) is 1. The molecule has 0 aliphatic rings. The van der Waals surface area contributed by atoms with Gasteiger partial charge in [-0.15, -0.1) is 6.58 Å². The number of carbonyl (C=O) groups excluding carboxylic acids is 1. The molecule has 2 aromatic carbocycles. The largest absolute Gasteiger partial charge is 0.340 e. The molecule has 1 aromatic heterocycles. The highest BCUT2D eigenvalue weighted by Crippen LogP contribution is 2.42. The summed E-state index contributed by atoms with van der Waals surface area (Å²) < 4.78 is 44.7. The van der Waals surface area contributed by atoms with E-state index in [1.54, 1.807) is 19.1 Å².